The van der Waals surface area contributed by atoms with Crippen molar-refractivity contribution in [3.8, 4) is 5.75 Å². The number of H-pyrrole nitrogens is 1. The van der Waals surface area contributed by atoms with E-state index in [0.29, 0.717) is 39.9 Å². The molecule has 0 saturated carbocycles. The summed E-state index contributed by atoms with van der Waals surface area (Å²) in [6.45, 7) is 2.73. The summed E-state index contributed by atoms with van der Waals surface area (Å²) in [5.74, 6) is 1.31. The molecular weight excluding hydrogens is 430 g/mol. The summed E-state index contributed by atoms with van der Waals surface area (Å²) in [4.78, 5) is 30.2. The van der Waals surface area contributed by atoms with Crippen molar-refractivity contribution in [3.05, 3.63) is 93.6 Å². The number of carbonyl (C=O) groups is 1. The number of nitrogens with zero attached hydrogens (tertiary/aromatic N) is 1. The zero-order valence-electron chi connectivity index (χ0n) is 17.4. The van der Waals surface area contributed by atoms with Gasteiger partial charge in [0.25, 0.3) is 5.56 Å². The minimum Gasteiger partial charge on any atom is -0.494 e. The number of halogens is 1. The van der Waals surface area contributed by atoms with Crippen LogP contribution in [-0.4, -0.2) is 22.5 Å². The van der Waals surface area contributed by atoms with Gasteiger partial charge in [-0.05, 0) is 61.5 Å². The van der Waals surface area contributed by atoms with Crippen LogP contribution in [0.15, 0.2) is 76.1 Å². The fraction of sp³-hybridized carbons (Fsp3) is 0.167. The Hall–Kier alpha value is -3.71. The highest BCUT2D eigenvalue weighted by molar-refractivity contribution is 6.30. The van der Waals surface area contributed by atoms with Crippen molar-refractivity contribution in [2.45, 2.75) is 20.0 Å². The highest BCUT2D eigenvalue weighted by atomic mass is 35.5. The molecule has 0 radical (unpaired) electrons. The van der Waals surface area contributed by atoms with Crippen molar-refractivity contribution in [1.29, 1.82) is 0 Å². The number of pyridine rings is 1. The summed E-state index contributed by atoms with van der Waals surface area (Å²) in [7, 11) is 0. The van der Waals surface area contributed by atoms with E-state index in [1.54, 1.807) is 54.8 Å². The molecule has 0 saturated heterocycles. The van der Waals surface area contributed by atoms with E-state index in [9.17, 15) is 9.59 Å². The predicted octanol–water partition coefficient (Wildman–Crippen LogP) is 5.41. The molecule has 0 spiro atoms. The molecule has 0 aliphatic rings. The number of amides is 2. The Kier molecular flexibility index (Phi) is 6.47. The summed E-state index contributed by atoms with van der Waals surface area (Å²) >= 11 is 6.03. The second-order valence-electron chi connectivity index (χ2n) is 7.18. The SMILES string of the molecule is CCOc1ccc2[nH]c(=O)c(CN(Cc3ccco3)C(=O)Nc3cccc(Cl)c3)cc2c1. The lowest BCUT2D eigenvalue weighted by Crippen LogP contribution is -2.35. The summed E-state index contributed by atoms with van der Waals surface area (Å²) in [5, 5.41) is 4.16. The number of urea groups is 1. The first-order valence-corrected chi connectivity index (χ1v) is 10.5. The first kappa shape index (κ1) is 21.5. The number of fused-ring (bicyclic) bond motifs is 1. The van der Waals surface area contributed by atoms with Crippen LogP contribution in [0.25, 0.3) is 10.9 Å². The molecule has 32 heavy (non-hydrogen) atoms. The first-order chi connectivity index (χ1) is 15.5. The van der Waals surface area contributed by atoms with Crippen molar-refractivity contribution in [3.63, 3.8) is 0 Å². The number of carbonyl (C=O) groups excluding carboxylic acids is 1. The maximum absolute atomic E-state index is 13.1. The zero-order chi connectivity index (χ0) is 22.5. The number of aromatic nitrogens is 1. The van der Waals surface area contributed by atoms with Crippen LogP contribution in [0.3, 0.4) is 0 Å². The molecule has 7 nitrogen and oxygen atoms in total. The summed E-state index contributed by atoms with van der Waals surface area (Å²) in [6, 6.07) is 17.3. The molecule has 0 atom stereocenters. The number of ether oxygens (including phenoxy) is 1. The van der Waals surface area contributed by atoms with Gasteiger partial charge in [-0.25, -0.2) is 4.79 Å². The maximum atomic E-state index is 13.1. The number of nitrogens with one attached hydrogen (secondary N) is 2. The molecule has 4 rings (SSSR count). The van der Waals surface area contributed by atoms with Crippen molar-refractivity contribution >= 4 is 34.2 Å². The summed E-state index contributed by atoms with van der Waals surface area (Å²) in [6.07, 6.45) is 1.54. The van der Waals surface area contributed by atoms with Crippen molar-refractivity contribution in [1.82, 2.24) is 9.88 Å². The highest BCUT2D eigenvalue weighted by Gasteiger charge is 2.18. The third kappa shape index (κ3) is 5.12. The van der Waals surface area contributed by atoms with Gasteiger partial charge in [-0.2, -0.15) is 0 Å². The Balaban J connectivity index is 1.63. The molecule has 0 bridgehead atoms. The summed E-state index contributed by atoms with van der Waals surface area (Å²) in [5.41, 5.74) is 1.43. The minimum atomic E-state index is -0.383. The lowest BCUT2D eigenvalue weighted by Gasteiger charge is -2.22. The number of hydrogen-bond donors (Lipinski definition) is 2. The van der Waals surface area contributed by atoms with Crippen LogP contribution in [-0.2, 0) is 13.1 Å². The Morgan fingerprint density at radius 1 is 1.12 bits per heavy atom. The Morgan fingerprint density at radius 3 is 2.75 bits per heavy atom. The van der Waals surface area contributed by atoms with Gasteiger partial charge in [-0.15, -0.1) is 0 Å². The molecule has 0 aliphatic carbocycles. The highest BCUT2D eigenvalue weighted by Crippen LogP contribution is 2.21. The van der Waals surface area contributed by atoms with Gasteiger partial charge in [0.05, 0.1) is 26.0 Å². The molecule has 2 amide bonds. The van der Waals surface area contributed by atoms with Gasteiger partial charge in [0.15, 0.2) is 0 Å². The molecule has 2 aromatic carbocycles. The molecule has 2 N–H and O–H groups in total. The fourth-order valence-electron chi connectivity index (χ4n) is 3.37. The fourth-order valence-corrected chi connectivity index (χ4v) is 3.56. The number of rotatable bonds is 7. The third-order valence-corrected chi connectivity index (χ3v) is 5.09. The van der Waals surface area contributed by atoms with Crippen LogP contribution in [0.4, 0.5) is 10.5 Å². The van der Waals surface area contributed by atoms with E-state index in [2.05, 4.69) is 10.3 Å². The summed E-state index contributed by atoms with van der Waals surface area (Å²) < 4.78 is 11.0. The topological polar surface area (TPSA) is 87.6 Å². The molecule has 0 aliphatic heterocycles. The smallest absolute Gasteiger partial charge is 0.322 e. The van der Waals surface area contributed by atoms with Crippen LogP contribution in [0.5, 0.6) is 5.75 Å². The van der Waals surface area contributed by atoms with E-state index < -0.39 is 0 Å². The van der Waals surface area contributed by atoms with E-state index in [4.69, 9.17) is 20.8 Å². The number of furan rings is 1. The van der Waals surface area contributed by atoms with Crippen LogP contribution in [0, 0.1) is 0 Å². The molecular formula is C24H22ClN3O4. The predicted molar refractivity (Wildman–Crippen MR) is 124 cm³/mol. The van der Waals surface area contributed by atoms with Crippen LogP contribution in [0.2, 0.25) is 5.02 Å². The largest absolute Gasteiger partial charge is 0.494 e. The maximum Gasteiger partial charge on any atom is 0.322 e. The second kappa shape index (κ2) is 9.62. The Bertz CT molecular complexity index is 1280. The second-order valence-corrected chi connectivity index (χ2v) is 7.62. The van der Waals surface area contributed by atoms with Gasteiger partial charge in [-0.1, -0.05) is 17.7 Å². The lowest BCUT2D eigenvalue weighted by molar-refractivity contribution is 0.201. The van der Waals surface area contributed by atoms with Gasteiger partial charge in [0, 0.05) is 27.2 Å². The van der Waals surface area contributed by atoms with E-state index in [0.717, 1.165) is 5.39 Å². The average Bonchev–Trinajstić information content (AvgIpc) is 3.27. The van der Waals surface area contributed by atoms with Crippen LogP contribution < -0.4 is 15.6 Å². The molecule has 0 fully saturated rings. The van der Waals surface area contributed by atoms with Gasteiger partial charge in [-0.3, -0.25) is 4.79 Å². The molecule has 4 aromatic rings. The van der Waals surface area contributed by atoms with Gasteiger partial charge < -0.3 is 24.4 Å². The third-order valence-electron chi connectivity index (χ3n) is 4.85. The van der Waals surface area contributed by atoms with Gasteiger partial charge in [0.1, 0.15) is 11.5 Å². The molecule has 2 heterocycles. The van der Waals surface area contributed by atoms with Gasteiger partial charge >= 0.3 is 6.03 Å². The van der Waals surface area contributed by atoms with Crippen molar-refractivity contribution in [2.75, 3.05) is 11.9 Å². The minimum absolute atomic E-state index is 0.0806. The van der Waals surface area contributed by atoms with Crippen molar-refractivity contribution < 1.29 is 13.9 Å². The first-order valence-electron chi connectivity index (χ1n) is 10.1. The quantitative estimate of drug-likeness (QED) is 0.393. The van der Waals surface area contributed by atoms with E-state index in [1.165, 1.54) is 4.90 Å². The average molecular weight is 452 g/mol. The monoisotopic (exact) mass is 451 g/mol. The van der Waals surface area contributed by atoms with E-state index in [-0.39, 0.29) is 24.7 Å². The van der Waals surface area contributed by atoms with Gasteiger partial charge in [0.2, 0.25) is 0 Å². The molecule has 8 heteroatoms. The number of benzene rings is 2. The number of anilines is 1. The number of aromatic amines is 1. The molecule has 0 unspecified atom stereocenters. The zero-order valence-corrected chi connectivity index (χ0v) is 18.2. The molecule has 2 aromatic heterocycles. The lowest BCUT2D eigenvalue weighted by atomic mass is 10.1. The standard InChI is InChI=1S/C24H22ClN3O4/c1-2-31-20-8-9-22-16(12-20)11-17(23(29)27-22)14-28(15-21-7-4-10-32-21)24(30)26-19-6-3-5-18(25)13-19/h3-13H,2,14-15H2,1H3,(H,26,30)(H,27,29). The Morgan fingerprint density at radius 2 is 2.00 bits per heavy atom. The number of hydrogen-bond acceptors (Lipinski definition) is 4. The van der Waals surface area contributed by atoms with Crippen LogP contribution in [0.1, 0.15) is 18.2 Å². The molecule has 164 valence electrons. The van der Waals surface area contributed by atoms with Crippen molar-refractivity contribution in [2.24, 2.45) is 0 Å². The van der Waals surface area contributed by atoms with Crippen LogP contribution >= 0.6 is 11.6 Å². The van der Waals surface area contributed by atoms with E-state index in [1.807, 2.05) is 19.1 Å². The Labute approximate surface area is 189 Å². The normalized spacial score (nSPS) is 10.8. The van der Waals surface area contributed by atoms with E-state index >= 15 is 0 Å².